The minimum Gasteiger partial charge on any atom is -0.300 e. The number of aromatic nitrogens is 4. The monoisotopic (exact) mass is 458 g/mol. The number of nitrogens with zero attached hydrogens (tertiary/aromatic N) is 6. The topological polar surface area (TPSA) is 67.8 Å². The standard InChI is InChI=1S/C27H34N6O/c1-4-23(25-15-26-24(5-2)28-19(3)16-33(26)30-25)29-27-10-9-21(17-32(27)18-34)20-11-13-31(14-12-20)22-7-6-8-22/h4,9-10,15-18,20,22H,5-8,11-14H2,1-3H3/b23-4-,29-27?. The lowest BCUT2D eigenvalue weighted by molar-refractivity contribution is 0.0975. The highest BCUT2D eigenvalue weighted by Gasteiger charge is 2.29. The highest BCUT2D eigenvalue weighted by Crippen LogP contribution is 2.32. The predicted molar refractivity (Wildman–Crippen MR) is 134 cm³/mol. The number of hydrogen-bond donors (Lipinski definition) is 0. The maximum Gasteiger partial charge on any atom is 0.219 e. The molecule has 4 heterocycles. The molecule has 0 bridgehead atoms. The highest BCUT2D eigenvalue weighted by molar-refractivity contribution is 5.67. The van der Waals surface area contributed by atoms with Gasteiger partial charge in [-0.2, -0.15) is 5.10 Å². The minimum atomic E-state index is 0.499. The summed E-state index contributed by atoms with van der Waals surface area (Å²) in [7, 11) is 0. The third-order valence-corrected chi connectivity index (χ3v) is 7.44. The van der Waals surface area contributed by atoms with Gasteiger partial charge in [0.25, 0.3) is 0 Å². The summed E-state index contributed by atoms with van der Waals surface area (Å²) in [6.07, 6.45) is 13.9. The van der Waals surface area contributed by atoms with E-state index >= 15 is 0 Å². The molecule has 1 saturated heterocycles. The van der Waals surface area contributed by atoms with Crippen molar-refractivity contribution in [3.63, 3.8) is 0 Å². The molecule has 7 nitrogen and oxygen atoms in total. The van der Waals surface area contributed by atoms with Crippen molar-refractivity contribution in [1.82, 2.24) is 24.1 Å². The molecule has 1 aliphatic heterocycles. The lowest BCUT2D eigenvalue weighted by atomic mass is 9.86. The first kappa shape index (κ1) is 22.7. The number of likely N-dealkylation sites (tertiary alicyclic amines) is 1. The molecule has 0 aromatic carbocycles. The Balaban J connectivity index is 1.41. The number of pyridine rings is 1. The maximum absolute atomic E-state index is 12.0. The van der Waals surface area contributed by atoms with Crippen LogP contribution in [0.25, 0.3) is 11.2 Å². The second-order valence-corrected chi connectivity index (χ2v) is 9.56. The van der Waals surface area contributed by atoms with Gasteiger partial charge in [0.1, 0.15) is 11.2 Å². The van der Waals surface area contributed by atoms with E-state index in [1.165, 1.54) is 24.8 Å². The van der Waals surface area contributed by atoms with E-state index in [-0.39, 0.29) is 0 Å². The van der Waals surface area contributed by atoms with Crippen LogP contribution in [0.4, 0.5) is 0 Å². The molecule has 0 radical (unpaired) electrons. The average molecular weight is 459 g/mol. The van der Waals surface area contributed by atoms with Crippen molar-refractivity contribution in [2.75, 3.05) is 13.1 Å². The molecule has 0 spiro atoms. The van der Waals surface area contributed by atoms with Crippen molar-refractivity contribution in [1.29, 1.82) is 0 Å². The quantitative estimate of drug-likeness (QED) is 0.521. The van der Waals surface area contributed by atoms with Crippen LogP contribution < -0.4 is 5.49 Å². The number of piperidine rings is 1. The van der Waals surface area contributed by atoms with E-state index in [0.717, 1.165) is 73.1 Å². The molecular weight excluding hydrogens is 424 g/mol. The molecule has 0 unspecified atom stereocenters. The van der Waals surface area contributed by atoms with E-state index in [2.05, 4.69) is 22.9 Å². The van der Waals surface area contributed by atoms with Gasteiger partial charge in [-0.05, 0) is 82.7 Å². The van der Waals surface area contributed by atoms with Crippen LogP contribution in [0.1, 0.15) is 74.5 Å². The largest absolute Gasteiger partial charge is 0.300 e. The predicted octanol–water partition coefficient (Wildman–Crippen LogP) is 4.13. The first-order valence-electron chi connectivity index (χ1n) is 12.6. The van der Waals surface area contributed by atoms with E-state index in [1.54, 1.807) is 4.57 Å². The SMILES string of the molecule is C/C=C(\N=c1ccc(C2CCN(C3CCC3)CC2)cn1C=O)c1cc2c(CC)nc(C)cn2n1. The minimum absolute atomic E-state index is 0.499. The van der Waals surface area contributed by atoms with Gasteiger partial charge in [0.2, 0.25) is 6.41 Å². The fourth-order valence-corrected chi connectivity index (χ4v) is 5.26. The molecule has 7 heteroatoms. The summed E-state index contributed by atoms with van der Waals surface area (Å²) in [4.78, 5) is 24.1. The van der Waals surface area contributed by atoms with Crippen molar-refractivity contribution < 1.29 is 4.79 Å². The van der Waals surface area contributed by atoms with Gasteiger partial charge in [-0.15, -0.1) is 0 Å². The Kier molecular flexibility index (Phi) is 6.46. The van der Waals surface area contributed by atoms with E-state index in [9.17, 15) is 4.79 Å². The number of allylic oxidation sites excluding steroid dienone is 1. The molecule has 2 fully saturated rings. The summed E-state index contributed by atoms with van der Waals surface area (Å²) < 4.78 is 3.48. The zero-order valence-electron chi connectivity index (χ0n) is 20.4. The lowest BCUT2D eigenvalue weighted by Gasteiger charge is -2.41. The van der Waals surface area contributed by atoms with Crippen LogP contribution in [0.15, 0.2) is 41.7 Å². The van der Waals surface area contributed by atoms with Gasteiger partial charge in [0, 0.05) is 12.2 Å². The fraction of sp³-hybridized carbons (Fsp3) is 0.481. The molecule has 0 N–H and O–H groups in total. The van der Waals surface area contributed by atoms with Gasteiger partial charge < -0.3 is 4.90 Å². The van der Waals surface area contributed by atoms with Crippen LogP contribution in [0.3, 0.4) is 0 Å². The molecular formula is C27H34N6O. The Bertz CT molecular complexity index is 1290. The number of carbonyl (C=O) groups is 1. The van der Waals surface area contributed by atoms with Crippen molar-refractivity contribution in [3.05, 3.63) is 64.8 Å². The molecule has 1 aliphatic carbocycles. The summed E-state index contributed by atoms with van der Waals surface area (Å²) in [6, 6.07) is 6.94. The molecule has 3 aromatic heterocycles. The zero-order chi connectivity index (χ0) is 23.7. The molecule has 178 valence electrons. The van der Waals surface area contributed by atoms with Crippen LogP contribution in [0.2, 0.25) is 0 Å². The van der Waals surface area contributed by atoms with Crippen molar-refractivity contribution in [3.8, 4) is 0 Å². The summed E-state index contributed by atoms with van der Waals surface area (Å²) in [5, 5.41) is 4.74. The maximum atomic E-state index is 12.0. The summed E-state index contributed by atoms with van der Waals surface area (Å²) in [6.45, 7) is 8.34. The van der Waals surface area contributed by atoms with Gasteiger partial charge in [-0.3, -0.25) is 14.3 Å². The first-order chi connectivity index (χ1) is 16.6. The Morgan fingerprint density at radius 2 is 1.97 bits per heavy atom. The third kappa shape index (κ3) is 4.37. The molecule has 3 aromatic rings. The van der Waals surface area contributed by atoms with Crippen molar-refractivity contribution in [2.24, 2.45) is 4.99 Å². The van der Waals surface area contributed by atoms with Gasteiger partial charge in [0.05, 0.1) is 28.8 Å². The molecule has 1 saturated carbocycles. The third-order valence-electron chi connectivity index (χ3n) is 7.44. The normalized spacial score (nSPS) is 19.0. The van der Waals surface area contributed by atoms with Gasteiger partial charge >= 0.3 is 0 Å². The van der Waals surface area contributed by atoms with Crippen LogP contribution in [-0.2, 0) is 11.2 Å². The van der Waals surface area contributed by atoms with Crippen LogP contribution >= 0.6 is 0 Å². The Morgan fingerprint density at radius 1 is 1.18 bits per heavy atom. The van der Waals surface area contributed by atoms with Gasteiger partial charge in [-0.1, -0.05) is 25.5 Å². The number of rotatable bonds is 6. The molecule has 0 amide bonds. The average Bonchev–Trinajstić information content (AvgIpc) is 3.25. The zero-order valence-corrected chi connectivity index (χ0v) is 20.4. The second-order valence-electron chi connectivity index (χ2n) is 9.56. The van der Waals surface area contributed by atoms with Crippen LogP contribution in [-0.4, -0.2) is 49.6 Å². The number of aryl methyl sites for hydroxylation is 2. The van der Waals surface area contributed by atoms with Crippen LogP contribution in [0.5, 0.6) is 0 Å². The first-order valence-corrected chi connectivity index (χ1v) is 12.6. The van der Waals surface area contributed by atoms with E-state index in [1.807, 2.05) is 49.0 Å². The smallest absolute Gasteiger partial charge is 0.219 e. The number of hydrogen-bond acceptors (Lipinski definition) is 5. The van der Waals surface area contributed by atoms with E-state index < -0.39 is 0 Å². The lowest BCUT2D eigenvalue weighted by Crippen LogP contribution is -2.44. The second kappa shape index (κ2) is 9.66. The van der Waals surface area contributed by atoms with Crippen molar-refractivity contribution >= 4 is 17.6 Å². The molecule has 5 rings (SSSR count). The Morgan fingerprint density at radius 3 is 2.62 bits per heavy atom. The summed E-state index contributed by atoms with van der Waals surface area (Å²) in [5.74, 6) is 0.499. The van der Waals surface area contributed by atoms with E-state index in [0.29, 0.717) is 11.4 Å². The van der Waals surface area contributed by atoms with Crippen molar-refractivity contribution in [2.45, 2.75) is 71.3 Å². The van der Waals surface area contributed by atoms with Gasteiger partial charge in [-0.25, -0.2) is 9.51 Å². The molecule has 0 atom stereocenters. The van der Waals surface area contributed by atoms with Gasteiger partial charge in [0.15, 0.2) is 0 Å². The van der Waals surface area contributed by atoms with Crippen LogP contribution in [0, 0.1) is 6.92 Å². The Labute approximate surface area is 200 Å². The fourth-order valence-electron chi connectivity index (χ4n) is 5.26. The highest BCUT2D eigenvalue weighted by atomic mass is 16.1. The number of fused-ring (bicyclic) bond motifs is 1. The van der Waals surface area contributed by atoms with E-state index in [4.69, 9.17) is 10.1 Å². The molecule has 34 heavy (non-hydrogen) atoms. The number of carbonyl (C=O) groups excluding carboxylic acids is 1. The Hall–Kier alpha value is -3.06. The molecule has 2 aliphatic rings. The summed E-state index contributed by atoms with van der Waals surface area (Å²) >= 11 is 0. The summed E-state index contributed by atoms with van der Waals surface area (Å²) in [5.41, 5.74) is 6.29.